The van der Waals surface area contributed by atoms with Gasteiger partial charge in [0.05, 0.1) is 28.7 Å². The number of aromatic amines is 1. The van der Waals surface area contributed by atoms with Crippen molar-refractivity contribution in [2.24, 2.45) is 0 Å². The fraction of sp³-hybridized carbons (Fsp3) is 0.130. The van der Waals surface area contributed by atoms with Crippen molar-refractivity contribution in [3.63, 3.8) is 0 Å². The number of carbonyl (C=O) groups is 1. The molecule has 3 aromatic carbocycles. The van der Waals surface area contributed by atoms with Crippen LogP contribution in [0.25, 0.3) is 11.0 Å². The van der Waals surface area contributed by atoms with Crippen LogP contribution in [0.4, 0.5) is 15.8 Å². The van der Waals surface area contributed by atoms with Crippen LogP contribution in [0.1, 0.15) is 12.2 Å². The minimum atomic E-state index is -3.99. The predicted molar refractivity (Wildman–Crippen MR) is 123 cm³/mol. The number of benzene rings is 3. The van der Waals surface area contributed by atoms with E-state index in [1.165, 1.54) is 19.2 Å². The van der Waals surface area contributed by atoms with Gasteiger partial charge in [-0.25, -0.2) is 17.8 Å². The van der Waals surface area contributed by atoms with Crippen LogP contribution in [0, 0.1) is 5.82 Å². The lowest BCUT2D eigenvalue weighted by Gasteiger charge is -2.14. The first-order chi connectivity index (χ1) is 15.8. The highest BCUT2D eigenvalue weighted by Crippen LogP contribution is 2.30. The van der Waals surface area contributed by atoms with Gasteiger partial charge in [-0.15, -0.1) is 0 Å². The van der Waals surface area contributed by atoms with Gasteiger partial charge in [0, 0.05) is 18.5 Å². The van der Waals surface area contributed by atoms with E-state index in [-0.39, 0.29) is 28.7 Å². The summed E-state index contributed by atoms with van der Waals surface area (Å²) in [6, 6.07) is 16.6. The number of anilines is 2. The van der Waals surface area contributed by atoms with Gasteiger partial charge < -0.3 is 15.0 Å². The number of imidazole rings is 1. The predicted octanol–water partition coefficient (Wildman–Crippen LogP) is 4.08. The van der Waals surface area contributed by atoms with E-state index in [0.717, 1.165) is 35.3 Å². The van der Waals surface area contributed by atoms with Gasteiger partial charge in [-0.05, 0) is 54.6 Å². The minimum absolute atomic E-state index is 0.105. The van der Waals surface area contributed by atoms with E-state index in [1.54, 1.807) is 6.07 Å². The van der Waals surface area contributed by atoms with Gasteiger partial charge in [0.25, 0.3) is 10.0 Å². The van der Waals surface area contributed by atoms with E-state index in [4.69, 9.17) is 4.74 Å². The maximum Gasteiger partial charge on any atom is 0.262 e. The molecule has 0 radical (unpaired) electrons. The van der Waals surface area contributed by atoms with E-state index in [2.05, 4.69) is 20.0 Å². The smallest absolute Gasteiger partial charge is 0.262 e. The number of fused-ring (bicyclic) bond motifs is 1. The molecule has 4 aromatic rings. The number of halogens is 1. The van der Waals surface area contributed by atoms with Crippen molar-refractivity contribution >= 4 is 38.3 Å². The number of aryl methyl sites for hydroxylation is 1. The first-order valence-corrected chi connectivity index (χ1v) is 11.5. The lowest BCUT2D eigenvalue weighted by Crippen LogP contribution is -2.15. The third kappa shape index (κ3) is 5.29. The van der Waals surface area contributed by atoms with Crippen molar-refractivity contribution in [1.29, 1.82) is 0 Å². The number of sulfonamides is 1. The molecule has 8 nitrogen and oxygen atoms in total. The Morgan fingerprint density at radius 3 is 2.58 bits per heavy atom. The van der Waals surface area contributed by atoms with Crippen molar-refractivity contribution in [2.45, 2.75) is 17.7 Å². The van der Waals surface area contributed by atoms with Gasteiger partial charge in [-0.3, -0.25) is 9.52 Å². The van der Waals surface area contributed by atoms with Crippen LogP contribution in [0.3, 0.4) is 0 Å². The summed E-state index contributed by atoms with van der Waals surface area (Å²) < 4.78 is 46.1. The number of ether oxygens (including phenoxy) is 1. The molecule has 0 bridgehead atoms. The summed E-state index contributed by atoms with van der Waals surface area (Å²) in [5.41, 5.74) is 2.27. The Morgan fingerprint density at radius 1 is 1.09 bits per heavy atom. The standard InChI is InChI=1S/C23H21FN4O4S/c1-32-21-11-8-16(14-20(21)28-33(30,31)17-9-6-15(24)7-10-17)25-23(29)13-12-22-26-18-4-2-3-5-19(18)27-22/h2-11,14,28H,12-13H2,1H3,(H,25,29)(H,26,27). The number of methoxy groups -OCH3 is 1. The summed E-state index contributed by atoms with van der Waals surface area (Å²) in [7, 11) is -2.59. The quantitative estimate of drug-likeness (QED) is 0.361. The molecule has 0 aliphatic rings. The van der Waals surface area contributed by atoms with Gasteiger partial charge in [0.1, 0.15) is 17.4 Å². The van der Waals surface area contributed by atoms with E-state index >= 15 is 0 Å². The highest BCUT2D eigenvalue weighted by Gasteiger charge is 2.17. The number of amides is 1. The Morgan fingerprint density at radius 2 is 1.85 bits per heavy atom. The molecule has 0 fully saturated rings. The molecule has 0 atom stereocenters. The zero-order valence-corrected chi connectivity index (χ0v) is 18.4. The maximum atomic E-state index is 13.1. The molecule has 1 amide bonds. The minimum Gasteiger partial charge on any atom is -0.495 e. The summed E-state index contributed by atoms with van der Waals surface area (Å²) in [6.45, 7) is 0. The van der Waals surface area contributed by atoms with Crippen molar-refractivity contribution in [3.05, 3.63) is 78.4 Å². The number of rotatable bonds is 8. The zero-order chi connectivity index (χ0) is 23.4. The van der Waals surface area contributed by atoms with E-state index < -0.39 is 15.8 Å². The Kier molecular flexibility index (Phi) is 6.27. The van der Waals surface area contributed by atoms with Crippen LogP contribution in [0.2, 0.25) is 0 Å². The summed E-state index contributed by atoms with van der Waals surface area (Å²) >= 11 is 0. The van der Waals surface area contributed by atoms with E-state index in [1.807, 2.05) is 24.3 Å². The van der Waals surface area contributed by atoms with Crippen LogP contribution in [0.5, 0.6) is 5.75 Å². The molecule has 10 heteroatoms. The van der Waals surface area contributed by atoms with Crippen molar-refractivity contribution in [3.8, 4) is 5.75 Å². The molecule has 0 aliphatic heterocycles. The van der Waals surface area contributed by atoms with Crippen LogP contribution in [0.15, 0.2) is 71.6 Å². The van der Waals surface area contributed by atoms with E-state index in [0.29, 0.717) is 17.9 Å². The van der Waals surface area contributed by atoms with Crippen LogP contribution in [-0.4, -0.2) is 31.4 Å². The van der Waals surface area contributed by atoms with Crippen LogP contribution >= 0.6 is 0 Å². The summed E-state index contributed by atoms with van der Waals surface area (Å²) in [4.78, 5) is 20.0. The van der Waals surface area contributed by atoms with Gasteiger partial charge >= 0.3 is 0 Å². The highest BCUT2D eigenvalue weighted by molar-refractivity contribution is 7.92. The molecular weight excluding hydrogens is 447 g/mol. The van der Waals surface area contributed by atoms with Crippen molar-refractivity contribution in [2.75, 3.05) is 17.1 Å². The number of hydrogen-bond acceptors (Lipinski definition) is 5. The summed E-state index contributed by atoms with van der Waals surface area (Å²) in [5, 5.41) is 2.75. The zero-order valence-electron chi connectivity index (χ0n) is 17.6. The average Bonchev–Trinajstić information content (AvgIpc) is 3.21. The Hall–Kier alpha value is -3.92. The second kappa shape index (κ2) is 9.29. The molecule has 1 aromatic heterocycles. The molecule has 0 unspecified atom stereocenters. The molecule has 0 saturated heterocycles. The largest absolute Gasteiger partial charge is 0.495 e. The SMILES string of the molecule is COc1ccc(NC(=O)CCc2nc3ccccc3[nH]2)cc1NS(=O)(=O)c1ccc(F)cc1. The lowest BCUT2D eigenvalue weighted by atomic mass is 10.2. The number of H-pyrrole nitrogens is 1. The fourth-order valence-electron chi connectivity index (χ4n) is 3.26. The first kappa shape index (κ1) is 22.3. The number of carbonyl (C=O) groups excluding carboxylic acids is 1. The van der Waals surface area contributed by atoms with Crippen molar-refractivity contribution < 1.29 is 22.3 Å². The third-order valence-corrected chi connectivity index (χ3v) is 6.26. The summed E-state index contributed by atoms with van der Waals surface area (Å²) in [5.74, 6) is 0.168. The van der Waals surface area contributed by atoms with Crippen molar-refractivity contribution in [1.82, 2.24) is 9.97 Å². The Labute approximate surface area is 189 Å². The van der Waals surface area contributed by atoms with E-state index in [9.17, 15) is 17.6 Å². The normalized spacial score (nSPS) is 11.3. The molecule has 0 aliphatic carbocycles. The van der Waals surface area contributed by atoms with Crippen LogP contribution < -0.4 is 14.8 Å². The molecule has 170 valence electrons. The number of para-hydroxylation sites is 2. The monoisotopic (exact) mass is 468 g/mol. The van der Waals surface area contributed by atoms with Gasteiger partial charge in [-0.1, -0.05) is 12.1 Å². The fourth-order valence-corrected chi connectivity index (χ4v) is 4.32. The Balaban J connectivity index is 1.45. The molecule has 0 saturated carbocycles. The first-order valence-electron chi connectivity index (χ1n) is 10.0. The van der Waals surface area contributed by atoms with Gasteiger partial charge in [0.2, 0.25) is 5.91 Å². The molecule has 0 spiro atoms. The topological polar surface area (TPSA) is 113 Å². The van der Waals surface area contributed by atoms with Gasteiger partial charge in [0.15, 0.2) is 0 Å². The second-order valence-corrected chi connectivity index (χ2v) is 8.91. The van der Waals surface area contributed by atoms with Gasteiger partial charge in [-0.2, -0.15) is 0 Å². The third-order valence-electron chi connectivity index (χ3n) is 4.88. The number of nitrogens with zero attached hydrogens (tertiary/aromatic N) is 1. The molecular formula is C23H21FN4O4S. The summed E-state index contributed by atoms with van der Waals surface area (Å²) in [6.07, 6.45) is 0.600. The van der Waals surface area contributed by atoms with Crippen LogP contribution in [-0.2, 0) is 21.2 Å². The average molecular weight is 469 g/mol. The molecule has 1 heterocycles. The second-order valence-electron chi connectivity index (χ2n) is 7.22. The molecule has 33 heavy (non-hydrogen) atoms. The number of nitrogens with one attached hydrogen (secondary N) is 3. The number of aromatic nitrogens is 2. The Bertz CT molecular complexity index is 1370. The highest BCUT2D eigenvalue weighted by atomic mass is 32.2. The maximum absolute atomic E-state index is 13.1. The lowest BCUT2D eigenvalue weighted by molar-refractivity contribution is -0.116. The molecule has 3 N–H and O–H groups in total. The molecule has 4 rings (SSSR count). The number of hydrogen-bond donors (Lipinski definition) is 3.